The third kappa shape index (κ3) is 3.75. The second-order valence-corrected chi connectivity index (χ2v) is 7.66. The first-order valence-corrected chi connectivity index (χ1v) is 9.78. The zero-order valence-electron chi connectivity index (χ0n) is 15.7. The number of nitrogens with zero attached hydrogens (tertiary/aromatic N) is 2. The molecule has 2 amide bonds. The van der Waals surface area contributed by atoms with Crippen LogP contribution in [0.25, 0.3) is 0 Å². The van der Waals surface area contributed by atoms with Crippen LogP contribution in [0.5, 0.6) is 0 Å². The van der Waals surface area contributed by atoms with E-state index in [1.165, 1.54) is 19.3 Å². The first-order valence-electron chi connectivity index (χ1n) is 9.78. The zero-order chi connectivity index (χ0) is 18.6. The van der Waals surface area contributed by atoms with Crippen LogP contribution in [0.1, 0.15) is 50.2 Å². The molecule has 0 aromatic carbocycles. The minimum absolute atomic E-state index is 0.301. The quantitative estimate of drug-likeness (QED) is 0.801. The van der Waals surface area contributed by atoms with Gasteiger partial charge in [-0.3, -0.25) is 14.6 Å². The van der Waals surface area contributed by atoms with Gasteiger partial charge in [-0.25, -0.2) is 0 Å². The van der Waals surface area contributed by atoms with Gasteiger partial charge in [0, 0.05) is 32.0 Å². The van der Waals surface area contributed by atoms with Crippen molar-refractivity contribution in [3.05, 3.63) is 29.6 Å². The summed E-state index contributed by atoms with van der Waals surface area (Å²) in [6.45, 7) is 4.48. The molecule has 26 heavy (non-hydrogen) atoms. The number of nitrogens with one attached hydrogen (secondary N) is 1. The zero-order valence-corrected chi connectivity index (χ0v) is 15.7. The number of carbonyl (C=O) groups is 2. The Hall–Kier alpha value is -1.95. The average molecular weight is 358 g/mol. The van der Waals surface area contributed by atoms with Crippen LogP contribution in [-0.4, -0.2) is 41.3 Å². The van der Waals surface area contributed by atoms with Gasteiger partial charge in [-0.15, -0.1) is 0 Å². The van der Waals surface area contributed by atoms with Gasteiger partial charge in [0.05, 0.1) is 0 Å². The van der Waals surface area contributed by atoms with Crippen molar-refractivity contribution in [1.29, 1.82) is 0 Å². The smallest absolute Gasteiger partial charge is 0.311 e. The topological polar surface area (TPSA) is 88.3 Å². The average Bonchev–Trinajstić information content (AvgIpc) is 3.08. The summed E-state index contributed by atoms with van der Waals surface area (Å²) >= 11 is 0. The standard InChI is InChI=1S/C20H30N4O2/c1-2-15-13-22-9-5-16(15)14-23-18(25)19(26)24-10-7-20(8-11-24)6-3-4-17(20)12-21/h5,9,13,17H,2-4,6-8,10-12,14,21H2,1H3,(H,23,25). The van der Waals surface area contributed by atoms with Gasteiger partial charge < -0.3 is 16.0 Å². The third-order valence-electron chi connectivity index (χ3n) is 6.44. The fraction of sp³-hybridized carbons (Fsp3) is 0.650. The molecule has 1 atom stereocenters. The lowest BCUT2D eigenvalue weighted by molar-refractivity contribution is -0.147. The Labute approximate surface area is 155 Å². The van der Waals surface area contributed by atoms with Gasteiger partial charge >= 0.3 is 11.8 Å². The Morgan fingerprint density at radius 2 is 2.08 bits per heavy atom. The molecule has 2 aliphatic rings. The lowest BCUT2D eigenvalue weighted by atomic mass is 9.70. The van der Waals surface area contributed by atoms with Crippen molar-refractivity contribution in [1.82, 2.24) is 15.2 Å². The summed E-state index contributed by atoms with van der Waals surface area (Å²) in [6.07, 6.45) is 9.97. The lowest BCUT2D eigenvalue weighted by Gasteiger charge is -2.42. The molecule has 1 unspecified atom stereocenters. The number of likely N-dealkylation sites (tertiary alicyclic amines) is 1. The van der Waals surface area contributed by atoms with E-state index in [4.69, 9.17) is 5.73 Å². The van der Waals surface area contributed by atoms with Gasteiger partial charge in [-0.2, -0.15) is 0 Å². The van der Waals surface area contributed by atoms with Gasteiger partial charge in [0.25, 0.3) is 0 Å². The number of hydrogen-bond acceptors (Lipinski definition) is 4. The molecule has 2 fully saturated rings. The summed E-state index contributed by atoms with van der Waals surface area (Å²) in [5.41, 5.74) is 8.36. The lowest BCUT2D eigenvalue weighted by Crippen LogP contribution is -2.50. The first-order chi connectivity index (χ1) is 12.6. The summed E-state index contributed by atoms with van der Waals surface area (Å²) < 4.78 is 0. The molecule has 2 heterocycles. The van der Waals surface area contributed by atoms with Crippen molar-refractivity contribution in [3.8, 4) is 0 Å². The number of pyridine rings is 1. The molecule has 1 spiro atoms. The van der Waals surface area contributed by atoms with Crippen LogP contribution in [-0.2, 0) is 22.6 Å². The molecule has 1 saturated heterocycles. The van der Waals surface area contributed by atoms with Crippen LogP contribution in [0, 0.1) is 11.3 Å². The summed E-state index contributed by atoms with van der Waals surface area (Å²) in [5, 5.41) is 2.77. The molecule has 0 bridgehead atoms. The minimum atomic E-state index is -0.512. The largest absolute Gasteiger partial charge is 0.344 e. The molecule has 1 aromatic rings. The normalized spacial score (nSPS) is 21.8. The van der Waals surface area contributed by atoms with Gasteiger partial charge in [0.15, 0.2) is 0 Å². The number of piperidine rings is 1. The minimum Gasteiger partial charge on any atom is -0.344 e. The van der Waals surface area contributed by atoms with E-state index in [0.29, 0.717) is 31.0 Å². The second-order valence-electron chi connectivity index (χ2n) is 7.66. The fourth-order valence-corrected chi connectivity index (χ4v) is 4.73. The Morgan fingerprint density at radius 1 is 1.31 bits per heavy atom. The number of aryl methyl sites for hydroxylation is 1. The molecule has 1 aliphatic carbocycles. The van der Waals surface area contributed by atoms with Crippen molar-refractivity contribution in [3.63, 3.8) is 0 Å². The summed E-state index contributed by atoms with van der Waals surface area (Å²) in [7, 11) is 0. The predicted molar refractivity (Wildman–Crippen MR) is 100 cm³/mol. The highest BCUT2D eigenvalue weighted by molar-refractivity contribution is 6.34. The van der Waals surface area contributed by atoms with E-state index in [-0.39, 0.29) is 0 Å². The second kappa shape index (κ2) is 8.16. The molecule has 0 radical (unpaired) electrons. The van der Waals surface area contributed by atoms with Crippen LogP contribution in [0.4, 0.5) is 0 Å². The van der Waals surface area contributed by atoms with Crippen molar-refractivity contribution < 1.29 is 9.59 Å². The SMILES string of the molecule is CCc1cnccc1CNC(=O)C(=O)N1CCC2(CCCC2CN)CC1. The summed E-state index contributed by atoms with van der Waals surface area (Å²) in [6, 6.07) is 1.89. The van der Waals surface area contributed by atoms with E-state index in [1.807, 2.05) is 12.3 Å². The van der Waals surface area contributed by atoms with Crippen molar-refractivity contribution >= 4 is 11.8 Å². The molecule has 142 valence electrons. The van der Waals surface area contributed by atoms with Crippen molar-refractivity contribution in [2.75, 3.05) is 19.6 Å². The van der Waals surface area contributed by atoms with E-state index < -0.39 is 11.8 Å². The van der Waals surface area contributed by atoms with Crippen molar-refractivity contribution in [2.24, 2.45) is 17.1 Å². The highest BCUT2D eigenvalue weighted by atomic mass is 16.2. The fourth-order valence-electron chi connectivity index (χ4n) is 4.73. The van der Waals surface area contributed by atoms with Crippen LogP contribution >= 0.6 is 0 Å². The summed E-state index contributed by atoms with van der Waals surface area (Å²) in [4.78, 5) is 30.6. The highest BCUT2D eigenvalue weighted by Gasteiger charge is 2.44. The van der Waals surface area contributed by atoms with Crippen LogP contribution in [0.2, 0.25) is 0 Å². The number of amides is 2. The Morgan fingerprint density at radius 3 is 2.77 bits per heavy atom. The van der Waals surface area contributed by atoms with Crippen LogP contribution < -0.4 is 11.1 Å². The number of aromatic nitrogens is 1. The van der Waals surface area contributed by atoms with Gasteiger partial charge in [0.1, 0.15) is 0 Å². The molecule has 3 N–H and O–H groups in total. The van der Waals surface area contributed by atoms with Gasteiger partial charge in [0.2, 0.25) is 0 Å². The highest BCUT2D eigenvalue weighted by Crippen LogP contribution is 2.50. The molecule has 1 aromatic heterocycles. The molecule has 6 nitrogen and oxygen atoms in total. The molecule has 1 saturated carbocycles. The van der Waals surface area contributed by atoms with Crippen molar-refractivity contribution in [2.45, 2.75) is 52.0 Å². The Bertz CT molecular complexity index is 653. The molecule has 6 heteroatoms. The van der Waals surface area contributed by atoms with E-state index in [9.17, 15) is 9.59 Å². The van der Waals surface area contributed by atoms with Gasteiger partial charge in [-0.05, 0) is 67.2 Å². The number of carbonyl (C=O) groups excluding carboxylic acids is 2. The van der Waals surface area contributed by atoms with E-state index in [0.717, 1.165) is 36.9 Å². The maximum Gasteiger partial charge on any atom is 0.311 e. The Kier molecular flexibility index (Phi) is 5.91. The molecular weight excluding hydrogens is 328 g/mol. The maximum atomic E-state index is 12.5. The number of hydrogen-bond donors (Lipinski definition) is 2. The van der Waals surface area contributed by atoms with Gasteiger partial charge in [-0.1, -0.05) is 13.3 Å². The molecule has 3 rings (SSSR count). The number of rotatable bonds is 4. The number of nitrogens with two attached hydrogens (primary N) is 1. The van der Waals surface area contributed by atoms with E-state index in [1.54, 1.807) is 11.1 Å². The summed E-state index contributed by atoms with van der Waals surface area (Å²) in [5.74, 6) is -0.344. The van der Waals surface area contributed by atoms with E-state index >= 15 is 0 Å². The maximum absolute atomic E-state index is 12.5. The van der Waals surface area contributed by atoms with Crippen LogP contribution in [0.15, 0.2) is 18.5 Å². The molecule has 1 aliphatic heterocycles. The predicted octanol–water partition coefficient (Wildman–Crippen LogP) is 1.63. The third-order valence-corrected chi connectivity index (χ3v) is 6.44. The first kappa shape index (κ1) is 18.8. The monoisotopic (exact) mass is 358 g/mol. The van der Waals surface area contributed by atoms with E-state index in [2.05, 4.69) is 17.2 Å². The van der Waals surface area contributed by atoms with Crippen LogP contribution in [0.3, 0.4) is 0 Å². The molecular formula is C20H30N4O2. The Balaban J connectivity index is 1.53.